The Morgan fingerprint density at radius 3 is 2.22 bits per heavy atom. The molecule has 0 aliphatic carbocycles. The van der Waals surface area contributed by atoms with Crippen molar-refractivity contribution in [1.29, 1.82) is 0 Å². The Hall–Kier alpha value is -4.41. The number of fused-ring (bicyclic) bond motifs is 1. The summed E-state index contributed by atoms with van der Waals surface area (Å²) in [4.78, 5) is 58.4. The molecular formula is C34H41FN4O6. The number of piperidine rings is 1. The van der Waals surface area contributed by atoms with Gasteiger partial charge in [0.1, 0.15) is 11.6 Å². The molecular weight excluding hydrogens is 579 g/mol. The number of likely N-dealkylation sites (tertiary alicyclic amines) is 1. The third kappa shape index (κ3) is 6.53. The van der Waals surface area contributed by atoms with E-state index in [9.17, 15) is 23.6 Å². The van der Waals surface area contributed by atoms with Crippen LogP contribution >= 0.6 is 0 Å². The van der Waals surface area contributed by atoms with E-state index in [-0.39, 0.29) is 49.1 Å². The molecule has 0 N–H and O–H groups in total. The fourth-order valence-corrected chi connectivity index (χ4v) is 6.51. The second-order valence-corrected chi connectivity index (χ2v) is 12.1. The number of hydrogen-bond donors (Lipinski definition) is 0. The lowest BCUT2D eigenvalue weighted by atomic mass is 9.90. The van der Waals surface area contributed by atoms with Crippen LogP contribution in [0.3, 0.4) is 0 Å². The van der Waals surface area contributed by atoms with Crippen molar-refractivity contribution in [3.8, 4) is 5.75 Å². The summed E-state index contributed by atoms with van der Waals surface area (Å²) in [5.74, 6) is -0.995. The number of rotatable bonds is 7. The Balaban J connectivity index is 1.34. The van der Waals surface area contributed by atoms with Crippen LogP contribution in [0.15, 0.2) is 42.6 Å². The predicted molar refractivity (Wildman–Crippen MR) is 167 cm³/mol. The zero-order chi connectivity index (χ0) is 32.4. The molecule has 0 radical (unpaired) electrons. The molecule has 2 atom stereocenters. The maximum Gasteiger partial charge on any atom is 0.410 e. The number of amides is 3. The second-order valence-electron chi connectivity index (χ2n) is 12.1. The van der Waals surface area contributed by atoms with E-state index in [0.717, 1.165) is 24.8 Å². The van der Waals surface area contributed by atoms with E-state index in [1.165, 1.54) is 24.1 Å². The minimum absolute atomic E-state index is 0.194. The number of aromatic nitrogens is 1. The molecule has 2 fully saturated rings. The Morgan fingerprint density at radius 2 is 1.58 bits per heavy atom. The number of piperazine rings is 1. The van der Waals surface area contributed by atoms with Crippen LogP contribution in [0.4, 0.5) is 9.18 Å². The minimum atomic E-state index is -0.672. The van der Waals surface area contributed by atoms with Gasteiger partial charge in [-0.3, -0.25) is 14.4 Å². The maximum absolute atomic E-state index is 13.8. The van der Waals surface area contributed by atoms with E-state index < -0.39 is 17.8 Å². The van der Waals surface area contributed by atoms with Crippen molar-refractivity contribution < 1.29 is 33.0 Å². The van der Waals surface area contributed by atoms with Crippen molar-refractivity contribution in [1.82, 2.24) is 19.3 Å². The largest absolute Gasteiger partial charge is 0.496 e. The lowest BCUT2D eigenvalue weighted by molar-refractivity contribution is -0.131. The topological polar surface area (TPSA) is 101 Å². The molecule has 240 valence electrons. The molecule has 2 aromatic carbocycles. The highest BCUT2D eigenvalue weighted by Gasteiger charge is 2.38. The quantitative estimate of drug-likeness (QED) is 0.281. The van der Waals surface area contributed by atoms with Crippen LogP contribution < -0.4 is 4.74 Å². The van der Waals surface area contributed by atoms with Gasteiger partial charge in [0, 0.05) is 63.0 Å². The average Bonchev–Trinajstić information content (AvgIpc) is 3.36. The first-order valence-electron chi connectivity index (χ1n) is 15.5. The number of aryl methyl sites for hydroxylation is 1. The van der Waals surface area contributed by atoms with Crippen LogP contribution in [0.5, 0.6) is 5.75 Å². The van der Waals surface area contributed by atoms with Crippen molar-refractivity contribution >= 4 is 34.6 Å². The zero-order valence-corrected chi connectivity index (χ0v) is 26.5. The van der Waals surface area contributed by atoms with Crippen LogP contribution in [0.1, 0.15) is 59.9 Å². The molecule has 2 aliphatic rings. The normalized spacial score (nSPS) is 19.1. The molecule has 0 bridgehead atoms. The number of methoxy groups -OCH3 is 1. The lowest BCUT2D eigenvalue weighted by Crippen LogP contribution is -2.60. The Morgan fingerprint density at radius 1 is 0.933 bits per heavy atom. The smallest absolute Gasteiger partial charge is 0.410 e. The number of nitrogens with zero attached hydrogens (tertiary/aromatic N) is 4. The van der Waals surface area contributed by atoms with Gasteiger partial charge in [-0.25, -0.2) is 9.18 Å². The van der Waals surface area contributed by atoms with Crippen LogP contribution in [-0.4, -0.2) is 94.9 Å². The second kappa shape index (κ2) is 13.3. The molecule has 3 heterocycles. The molecule has 3 amide bonds. The van der Waals surface area contributed by atoms with Crippen molar-refractivity contribution in [2.24, 2.45) is 13.0 Å². The number of halogens is 1. The first-order chi connectivity index (χ1) is 21.5. The number of hydrogen-bond acceptors (Lipinski definition) is 6. The number of ketones is 1. The zero-order valence-electron chi connectivity index (χ0n) is 26.5. The Bertz CT molecular complexity index is 1590. The SMILES string of the molecule is CCOC(=O)N1CC(C)N(C(=O)C(=O)c2cn(C)c3cc(OC)c(C(=O)N4CCC(Cc5ccc(F)cc5)CC4)cc23)CC1C. The highest BCUT2D eigenvalue weighted by Crippen LogP contribution is 2.32. The minimum Gasteiger partial charge on any atom is -0.496 e. The molecule has 2 aliphatic heterocycles. The summed E-state index contributed by atoms with van der Waals surface area (Å²) in [6, 6.07) is 9.24. The molecule has 0 saturated carbocycles. The van der Waals surface area contributed by atoms with Crippen molar-refractivity contribution in [3.63, 3.8) is 0 Å². The molecule has 11 heteroatoms. The molecule has 2 saturated heterocycles. The van der Waals surface area contributed by atoms with Gasteiger partial charge in [0.2, 0.25) is 0 Å². The molecule has 2 unspecified atom stereocenters. The van der Waals surface area contributed by atoms with Gasteiger partial charge in [0.15, 0.2) is 0 Å². The molecule has 45 heavy (non-hydrogen) atoms. The maximum atomic E-state index is 13.8. The van der Waals surface area contributed by atoms with E-state index in [1.54, 1.807) is 65.7 Å². The van der Waals surface area contributed by atoms with Gasteiger partial charge in [-0.1, -0.05) is 12.1 Å². The van der Waals surface area contributed by atoms with Crippen LogP contribution in [0, 0.1) is 11.7 Å². The summed E-state index contributed by atoms with van der Waals surface area (Å²) in [7, 11) is 3.28. The van der Waals surface area contributed by atoms with Crippen molar-refractivity contribution in [3.05, 3.63) is 65.1 Å². The van der Waals surface area contributed by atoms with E-state index in [4.69, 9.17) is 9.47 Å². The van der Waals surface area contributed by atoms with Crippen LogP contribution in [0.2, 0.25) is 0 Å². The molecule has 0 spiro atoms. The highest BCUT2D eigenvalue weighted by molar-refractivity contribution is 6.45. The van der Waals surface area contributed by atoms with Gasteiger partial charge in [0.05, 0.1) is 30.4 Å². The standard InChI is InChI=1S/C34H41FN4O6/c1-6-45-34(43)39-19-21(2)38(18-22(39)3)33(42)31(40)28-20-36(4)29-17-30(44-5)27(16-26(28)29)32(41)37-13-11-24(12-14-37)15-23-7-9-25(35)10-8-23/h7-10,16-17,20-22,24H,6,11-15,18-19H2,1-5H3. The van der Waals surface area contributed by atoms with Crippen LogP contribution in [0.25, 0.3) is 10.9 Å². The van der Waals surface area contributed by atoms with Crippen LogP contribution in [-0.2, 0) is 23.0 Å². The Labute approximate surface area is 262 Å². The molecule has 3 aromatic rings. The third-order valence-electron chi connectivity index (χ3n) is 9.07. The van der Waals surface area contributed by atoms with Gasteiger partial charge in [-0.05, 0) is 69.7 Å². The van der Waals surface area contributed by atoms with E-state index in [2.05, 4.69) is 0 Å². The van der Waals surface area contributed by atoms with Crippen molar-refractivity contribution in [2.75, 3.05) is 39.9 Å². The van der Waals surface area contributed by atoms with Crippen molar-refractivity contribution in [2.45, 2.75) is 52.1 Å². The third-order valence-corrected chi connectivity index (χ3v) is 9.07. The number of ether oxygens (including phenoxy) is 2. The van der Waals surface area contributed by atoms with Gasteiger partial charge in [0.25, 0.3) is 17.6 Å². The monoisotopic (exact) mass is 620 g/mol. The van der Waals surface area contributed by atoms with Gasteiger partial charge in [-0.2, -0.15) is 0 Å². The van der Waals surface area contributed by atoms with E-state index in [1.807, 2.05) is 6.92 Å². The van der Waals surface area contributed by atoms with E-state index >= 15 is 0 Å². The first-order valence-corrected chi connectivity index (χ1v) is 15.5. The number of carbonyl (C=O) groups excluding carboxylic acids is 4. The lowest BCUT2D eigenvalue weighted by Gasteiger charge is -2.43. The molecule has 1 aromatic heterocycles. The predicted octanol–water partition coefficient (Wildman–Crippen LogP) is 4.68. The van der Waals surface area contributed by atoms with E-state index in [0.29, 0.717) is 41.2 Å². The number of carbonyl (C=O) groups is 4. The Kier molecular flexibility index (Phi) is 9.45. The number of benzene rings is 2. The summed E-state index contributed by atoms with van der Waals surface area (Å²) >= 11 is 0. The summed E-state index contributed by atoms with van der Waals surface area (Å²) in [5, 5.41) is 0.497. The summed E-state index contributed by atoms with van der Waals surface area (Å²) in [6.07, 6.45) is 3.64. The summed E-state index contributed by atoms with van der Waals surface area (Å²) in [6.45, 7) is 7.21. The average molecular weight is 621 g/mol. The first kappa shape index (κ1) is 32.0. The van der Waals surface area contributed by atoms with Gasteiger partial charge in [-0.15, -0.1) is 0 Å². The molecule has 10 nitrogen and oxygen atoms in total. The number of Topliss-reactive ketones (excluding diaryl/α,β-unsaturated/α-hetero) is 1. The fourth-order valence-electron chi connectivity index (χ4n) is 6.51. The summed E-state index contributed by atoms with van der Waals surface area (Å²) < 4.78 is 25.8. The fraction of sp³-hybridized carbons (Fsp3) is 0.471. The van der Waals surface area contributed by atoms with Gasteiger partial charge >= 0.3 is 6.09 Å². The highest BCUT2D eigenvalue weighted by atomic mass is 19.1. The summed E-state index contributed by atoms with van der Waals surface area (Å²) in [5.41, 5.74) is 2.28. The molecule has 5 rings (SSSR count). The van der Waals surface area contributed by atoms with Gasteiger partial charge < -0.3 is 28.7 Å².